The smallest absolute Gasteiger partial charge is 0.230 e. The number of benzene rings is 2. The average molecular weight is 375 g/mol. The Labute approximate surface area is 160 Å². The molecule has 0 aliphatic carbocycles. The molecule has 6 heteroatoms. The van der Waals surface area contributed by atoms with Gasteiger partial charge in [0.1, 0.15) is 0 Å². The Kier molecular flexibility index (Phi) is 4.56. The van der Waals surface area contributed by atoms with Gasteiger partial charge in [0.25, 0.3) is 0 Å². The number of imidazole rings is 1. The van der Waals surface area contributed by atoms with Gasteiger partial charge < -0.3 is 5.32 Å². The monoisotopic (exact) mass is 375 g/mol. The maximum absolute atomic E-state index is 12.5. The summed E-state index contributed by atoms with van der Waals surface area (Å²) in [6, 6.07) is 17.0. The topological polar surface area (TPSA) is 63.5 Å². The predicted octanol–water partition coefficient (Wildman–Crippen LogP) is 4.45. The molecule has 1 N–H and O–H groups in total. The standard InChI is InChI=1S/C21H17N3O2S/c1-14(25)17-9-5-6-10-18(17)22-20(26)11-16-13-27-21-23-19(12-24(16)21)15-7-3-2-4-8-15/h2-10,12-13H,11H2,1H3,(H,22,26). The van der Waals surface area contributed by atoms with Crippen LogP contribution in [0.5, 0.6) is 0 Å². The van der Waals surface area contributed by atoms with Crippen LogP contribution in [0.15, 0.2) is 66.2 Å². The van der Waals surface area contributed by atoms with Gasteiger partial charge in [-0.2, -0.15) is 0 Å². The second-order valence-electron chi connectivity index (χ2n) is 6.20. The van der Waals surface area contributed by atoms with Crippen LogP contribution in [0.1, 0.15) is 23.0 Å². The summed E-state index contributed by atoms with van der Waals surface area (Å²) in [4.78, 5) is 29.7. The largest absolute Gasteiger partial charge is 0.325 e. The lowest BCUT2D eigenvalue weighted by molar-refractivity contribution is -0.115. The molecule has 2 aromatic heterocycles. The lowest BCUT2D eigenvalue weighted by Gasteiger charge is -2.08. The zero-order chi connectivity index (χ0) is 18.8. The molecule has 0 aliphatic rings. The summed E-state index contributed by atoms with van der Waals surface area (Å²) < 4.78 is 1.95. The second-order valence-corrected chi connectivity index (χ2v) is 7.04. The van der Waals surface area contributed by atoms with Crippen molar-refractivity contribution >= 4 is 33.7 Å². The minimum atomic E-state index is -0.168. The Hall–Kier alpha value is -3.25. The van der Waals surface area contributed by atoms with Crippen LogP contribution in [0.4, 0.5) is 5.69 Å². The van der Waals surface area contributed by atoms with Crippen molar-refractivity contribution in [3.63, 3.8) is 0 Å². The van der Waals surface area contributed by atoms with Gasteiger partial charge in [-0.1, -0.05) is 42.5 Å². The number of carbonyl (C=O) groups is 2. The Morgan fingerprint density at radius 1 is 1.07 bits per heavy atom. The molecular formula is C21H17N3O2S. The van der Waals surface area contributed by atoms with Crippen LogP contribution in [0.25, 0.3) is 16.2 Å². The first kappa shape index (κ1) is 17.2. The van der Waals surface area contributed by atoms with E-state index < -0.39 is 0 Å². The summed E-state index contributed by atoms with van der Waals surface area (Å²) in [6.07, 6.45) is 2.16. The van der Waals surface area contributed by atoms with Gasteiger partial charge in [-0.3, -0.25) is 14.0 Å². The number of aromatic nitrogens is 2. The van der Waals surface area contributed by atoms with Gasteiger partial charge in [0.2, 0.25) is 5.91 Å². The van der Waals surface area contributed by atoms with Crippen molar-refractivity contribution in [2.24, 2.45) is 0 Å². The summed E-state index contributed by atoms with van der Waals surface area (Å²) in [5, 5.41) is 4.78. The van der Waals surface area contributed by atoms with Crippen LogP contribution in [-0.2, 0) is 11.2 Å². The number of nitrogens with zero attached hydrogens (tertiary/aromatic N) is 2. The summed E-state index contributed by atoms with van der Waals surface area (Å²) in [7, 11) is 0. The van der Waals surface area contributed by atoms with E-state index in [-0.39, 0.29) is 18.1 Å². The third-order valence-corrected chi connectivity index (χ3v) is 5.16. The Morgan fingerprint density at radius 3 is 2.59 bits per heavy atom. The number of thiazole rings is 1. The Morgan fingerprint density at radius 2 is 1.81 bits per heavy atom. The number of hydrogen-bond acceptors (Lipinski definition) is 4. The fourth-order valence-corrected chi connectivity index (χ4v) is 3.84. The first-order chi connectivity index (χ1) is 13.1. The minimum Gasteiger partial charge on any atom is -0.325 e. The highest BCUT2D eigenvalue weighted by molar-refractivity contribution is 7.15. The molecule has 5 nitrogen and oxygen atoms in total. The summed E-state index contributed by atoms with van der Waals surface area (Å²) in [5.74, 6) is -0.246. The van der Waals surface area contributed by atoms with Crippen molar-refractivity contribution in [2.45, 2.75) is 13.3 Å². The predicted molar refractivity (Wildman–Crippen MR) is 107 cm³/mol. The van der Waals surface area contributed by atoms with E-state index in [2.05, 4.69) is 10.3 Å². The highest BCUT2D eigenvalue weighted by atomic mass is 32.1. The number of ketones is 1. The fourth-order valence-electron chi connectivity index (χ4n) is 2.96. The Balaban J connectivity index is 1.56. The maximum Gasteiger partial charge on any atom is 0.230 e. The number of anilines is 1. The molecule has 4 aromatic rings. The number of Topliss-reactive ketones (excluding diaryl/α,β-unsaturated/α-hetero) is 1. The van der Waals surface area contributed by atoms with Crippen LogP contribution in [0.2, 0.25) is 0 Å². The van der Waals surface area contributed by atoms with Gasteiger partial charge in [-0.05, 0) is 19.1 Å². The van der Waals surface area contributed by atoms with Crippen LogP contribution in [0, 0.1) is 0 Å². The molecule has 27 heavy (non-hydrogen) atoms. The van der Waals surface area contributed by atoms with Crippen molar-refractivity contribution < 1.29 is 9.59 Å². The molecule has 0 saturated carbocycles. The number of hydrogen-bond donors (Lipinski definition) is 1. The van der Waals surface area contributed by atoms with Crippen LogP contribution >= 0.6 is 11.3 Å². The summed E-state index contributed by atoms with van der Waals surface area (Å²) >= 11 is 1.50. The molecule has 2 heterocycles. The minimum absolute atomic E-state index is 0.0778. The van der Waals surface area contributed by atoms with Gasteiger partial charge >= 0.3 is 0 Å². The molecule has 0 unspecified atom stereocenters. The number of para-hydroxylation sites is 1. The van der Waals surface area contributed by atoms with Crippen molar-refractivity contribution in [2.75, 3.05) is 5.32 Å². The lowest BCUT2D eigenvalue weighted by atomic mass is 10.1. The van der Waals surface area contributed by atoms with Crippen molar-refractivity contribution in [3.05, 3.63) is 77.4 Å². The molecule has 1 amide bonds. The number of amides is 1. The molecule has 0 radical (unpaired) electrons. The molecule has 0 saturated heterocycles. The third-order valence-electron chi connectivity index (χ3n) is 4.28. The van der Waals surface area contributed by atoms with Gasteiger partial charge in [-0.25, -0.2) is 4.98 Å². The van der Waals surface area contributed by atoms with E-state index in [0.29, 0.717) is 11.3 Å². The molecule has 4 rings (SSSR count). The molecule has 134 valence electrons. The SMILES string of the molecule is CC(=O)c1ccccc1NC(=O)Cc1csc2nc(-c3ccccc3)cn12. The molecular weight excluding hydrogens is 358 g/mol. The molecule has 0 aliphatic heterocycles. The van der Waals surface area contributed by atoms with Crippen molar-refractivity contribution in [1.29, 1.82) is 0 Å². The van der Waals surface area contributed by atoms with E-state index >= 15 is 0 Å². The number of nitrogens with one attached hydrogen (secondary N) is 1. The van der Waals surface area contributed by atoms with E-state index in [1.807, 2.05) is 46.3 Å². The van der Waals surface area contributed by atoms with E-state index in [0.717, 1.165) is 21.9 Å². The molecule has 2 aromatic carbocycles. The third kappa shape index (κ3) is 3.52. The second kappa shape index (κ2) is 7.17. The van der Waals surface area contributed by atoms with E-state index in [1.54, 1.807) is 24.3 Å². The summed E-state index contributed by atoms with van der Waals surface area (Å²) in [5.41, 5.74) is 3.83. The van der Waals surface area contributed by atoms with Crippen LogP contribution in [0.3, 0.4) is 0 Å². The fraction of sp³-hybridized carbons (Fsp3) is 0.0952. The number of carbonyl (C=O) groups excluding carboxylic acids is 2. The lowest BCUT2D eigenvalue weighted by Crippen LogP contribution is -2.17. The number of rotatable bonds is 5. The first-order valence-corrected chi connectivity index (χ1v) is 9.40. The van der Waals surface area contributed by atoms with E-state index in [1.165, 1.54) is 18.3 Å². The molecule has 0 bridgehead atoms. The zero-order valence-electron chi connectivity index (χ0n) is 14.7. The van der Waals surface area contributed by atoms with Gasteiger partial charge in [0, 0.05) is 28.4 Å². The summed E-state index contributed by atoms with van der Waals surface area (Å²) in [6.45, 7) is 1.49. The normalized spacial score (nSPS) is 10.9. The van der Waals surface area contributed by atoms with E-state index in [4.69, 9.17) is 0 Å². The van der Waals surface area contributed by atoms with Crippen molar-refractivity contribution in [3.8, 4) is 11.3 Å². The maximum atomic E-state index is 12.5. The van der Waals surface area contributed by atoms with Gasteiger partial charge in [0.15, 0.2) is 10.7 Å². The van der Waals surface area contributed by atoms with Gasteiger partial charge in [-0.15, -0.1) is 11.3 Å². The van der Waals surface area contributed by atoms with Gasteiger partial charge in [0.05, 0.1) is 17.8 Å². The van der Waals surface area contributed by atoms with E-state index in [9.17, 15) is 9.59 Å². The zero-order valence-corrected chi connectivity index (χ0v) is 15.5. The first-order valence-electron chi connectivity index (χ1n) is 8.52. The quantitative estimate of drug-likeness (QED) is 0.524. The van der Waals surface area contributed by atoms with Crippen molar-refractivity contribution in [1.82, 2.24) is 9.38 Å². The molecule has 0 atom stereocenters. The highest BCUT2D eigenvalue weighted by Gasteiger charge is 2.14. The highest BCUT2D eigenvalue weighted by Crippen LogP contribution is 2.24. The van der Waals surface area contributed by atoms with Crippen LogP contribution in [-0.4, -0.2) is 21.1 Å². The average Bonchev–Trinajstić information content (AvgIpc) is 3.25. The molecule has 0 fully saturated rings. The van der Waals surface area contributed by atoms with Crippen LogP contribution < -0.4 is 5.32 Å². The molecule has 0 spiro atoms. The Bertz CT molecular complexity index is 1130. The number of fused-ring (bicyclic) bond motifs is 1.